The molecule has 1 aromatic heterocycles. The van der Waals surface area contributed by atoms with Gasteiger partial charge in [0.2, 0.25) is 0 Å². The zero-order valence-electron chi connectivity index (χ0n) is 20.2. The van der Waals surface area contributed by atoms with Crippen molar-refractivity contribution >= 4 is 28.2 Å². The minimum atomic E-state index is -4.51. The van der Waals surface area contributed by atoms with E-state index in [1.807, 2.05) is 78.9 Å². The van der Waals surface area contributed by atoms with E-state index >= 15 is 0 Å². The molecule has 0 bridgehead atoms. The fraction of sp³-hybridized carbons (Fsp3) is 0.133. The van der Waals surface area contributed by atoms with E-state index in [0.29, 0.717) is 24.0 Å². The highest BCUT2D eigenvalue weighted by atomic mass is 19.4. The number of carboxylic acids is 1. The smallest absolute Gasteiger partial charge is 0.418 e. The average molecular weight is 516 g/mol. The number of fused-ring (bicyclic) bond motifs is 1. The van der Waals surface area contributed by atoms with Crippen LogP contribution in [-0.4, -0.2) is 20.9 Å². The van der Waals surface area contributed by atoms with E-state index in [-0.39, 0.29) is 11.9 Å². The van der Waals surface area contributed by atoms with Gasteiger partial charge in [0, 0.05) is 28.7 Å². The second-order valence-corrected chi connectivity index (χ2v) is 8.98. The van der Waals surface area contributed by atoms with Crippen molar-refractivity contribution < 1.29 is 23.1 Å². The van der Waals surface area contributed by atoms with Gasteiger partial charge in [0.25, 0.3) is 0 Å². The number of nitrogens with zero attached hydrogens (tertiary/aromatic N) is 2. The second-order valence-electron chi connectivity index (χ2n) is 8.98. The molecule has 5 aromatic rings. The van der Waals surface area contributed by atoms with Gasteiger partial charge in [-0.2, -0.15) is 18.3 Å². The number of alkyl halides is 3. The molecular formula is C30H24F3N3O2. The van der Waals surface area contributed by atoms with E-state index < -0.39 is 17.7 Å². The SMILES string of the molecule is O=C(O)CCc1ccc(Nc2ccc(-c3c4cccc(C(F)(F)F)c4nn3Cc3ccccc3)cc2)cc1. The molecule has 0 unspecified atom stereocenters. The van der Waals surface area contributed by atoms with Crippen LogP contribution in [-0.2, 0) is 23.9 Å². The summed E-state index contributed by atoms with van der Waals surface area (Å²) in [7, 11) is 0. The fourth-order valence-electron chi connectivity index (χ4n) is 4.44. The molecule has 0 atom stereocenters. The molecule has 0 fully saturated rings. The Labute approximate surface area is 217 Å². The number of aromatic nitrogens is 2. The number of aliphatic carboxylic acids is 1. The highest BCUT2D eigenvalue weighted by molar-refractivity contribution is 5.95. The normalized spacial score (nSPS) is 11.6. The van der Waals surface area contributed by atoms with Gasteiger partial charge in [0.1, 0.15) is 5.52 Å². The van der Waals surface area contributed by atoms with E-state index in [2.05, 4.69) is 10.4 Å². The van der Waals surface area contributed by atoms with Crippen molar-refractivity contribution in [3.8, 4) is 11.3 Å². The predicted octanol–water partition coefficient (Wildman–Crippen LogP) is 7.53. The molecule has 0 aliphatic heterocycles. The third-order valence-electron chi connectivity index (χ3n) is 6.28. The summed E-state index contributed by atoms with van der Waals surface area (Å²) in [4.78, 5) is 10.8. The van der Waals surface area contributed by atoms with Crippen LogP contribution in [0.3, 0.4) is 0 Å². The quantitative estimate of drug-likeness (QED) is 0.224. The lowest BCUT2D eigenvalue weighted by atomic mass is 10.0. The Morgan fingerprint density at radius 2 is 1.47 bits per heavy atom. The fourth-order valence-corrected chi connectivity index (χ4v) is 4.44. The van der Waals surface area contributed by atoms with Gasteiger partial charge in [0.15, 0.2) is 0 Å². The third kappa shape index (κ3) is 5.54. The number of carbonyl (C=O) groups is 1. The lowest BCUT2D eigenvalue weighted by Crippen LogP contribution is -2.06. The van der Waals surface area contributed by atoms with Crippen LogP contribution in [0, 0.1) is 0 Å². The molecule has 0 saturated heterocycles. The zero-order chi connectivity index (χ0) is 26.7. The predicted molar refractivity (Wildman–Crippen MR) is 141 cm³/mol. The lowest BCUT2D eigenvalue weighted by molar-refractivity contribution is -0.137. The van der Waals surface area contributed by atoms with E-state index in [1.54, 1.807) is 10.7 Å². The maximum Gasteiger partial charge on any atom is 0.418 e. The first kappa shape index (κ1) is 25.1. The number of carboxylic acid groups (broad SMARTS) is 1. The summed E-state index contributed by atoms with van der Waals surface area (Å²) in [5.41, 5.74) is 4.05. The summed E-state index contributed by atoms with van der Waals surface area (Å²) in [6.45, 7) is 0.330. The molecule has 0 spiro atoms. The molecule has 38 heavy (non-hydrogen) atoms. The molecule has 192 valence electrons. The van der Waals surface area contributed by atoms with Crippen LogP contribution >= 0.6 is 0 Å². The van der Waals surface area contributed by atoms with Gasteiger partial charge in [-0.15, -0.1) is 0 Å². The summed E-state index contributed by atoms with van der Waals surface area (Å²) in [6.07, 6.45) is -3.97. The van der Waals surface area contributed by atoms with Crippen molar-refractivity contribution in [2.45, 2.75) is 25.6 Å². The van der Waals surface area contributed by atoms with Crippen LogP contribution in [0.15, 0.2) is 97.1 Å². The number of halogens is 3. The van der Waals surface area contributed by atoms with E-state index in [0.717, 1.165) is 34.1 Å². The van der Waals surface area contributed by atoms with E-state index in [1.165, 1.54) is 6.07 Å². The number of rotatable bonds is 8. The molecule has 0 amide bonds. The molecule has 0 aliphatic rings. The van der Waals surface area contributed by atoms with Gasteiger partial charge in [-0.05, 0) is 47.9 Å². The zero-order valence-corrected chi connectivity index (χ0v) is 20.2. The molecule has 4 aromatic carbocycles. The minimum Gasteiger partial charge on any atom is -0.481 e. The Kier molecular flexibility index (Phi) is 6.87. The van der Waals surface area contributed by atoms with Gasteiger partial charge in [0.05, 0.1) is 17.8 Å². The standard InChI is InChI=1S/C30H24F3N3O2/c31-30(32,33)26-8-4-7-25-28(26)35-36(19-21-5-2-1-3-6-21)29(25)22-12-16-24(17-13-22)34-23-14-9-20(10-15-23)11-18-27(37)38/h1-10,12-17,34H,11,18-19H2,(H,37,38). The van der Waals surface area contributed by atoms with Crippen molar-refractivity contribution in [1.82, 2.24) is 9.78 Å². The molecule has 0 aliphatic carbocycles. The minimum absolute atomic E-state index is 0.0730. The maximum atomic E-state index is 13.8. The topological polar surface area (TPSA) is 67.2 Å². The average Bonchev–Trinajstić information content (AvgIpc) is 3.26. The monoisotopic (exact) mass is 515 g/mol. The third-order valence-corrected chi connectivity index (χ3v) is 6.28. The van der Waals surface area contributed by atoms with Crippen LogP contribution in [0.4, 0.5) is 24.5 Å². The highest BCUT2D eigenvalue weighted by Crippen LogP contribution is 2.38. The van der Waals surface area contributed by atoms with E-state index in [4.69, 9.17) is 5.11 Å². The maximum absolute atomic E-state index is 13.8. The summed E-state index contributed by atoms with van der Waals surface area (Å²) in [5, 5.41) is 17.0. The van der Waals surface area contributed by atoms with Crippen molar-refractivity contribution in [2.24, 2.45) is 0 Å². The van der Waals surface area contributed by atoms with Crippen LogP contribution in [0.5, 0.6) is 0 Å². The number of hydrogen-bond acceptors (Lipinski definition) is 3. The first-order chi connectivity index (χ1) is 18.3. The molecule has 5 rings (SSSR count). The van der Waals surface area contributed by atoms with Gasteiger partial charge in [-0.25, -0.2) is 0 Å². The summed E-state index contributed by atoms with van der Waals surface area (Å²) < 4.78 is 42.9. The van der Waals surface area contributed by atoms with Crippen molar-refractivity contribution in [3.63, 3.8) is 0 Å². The number of aryl methyl sites for hydroxylation is 1. The van der Waals surface area contributed by atoms with Gasteiger partial charge >= 0.3 is 12.1 Å². The summed E-state index contributed by atoms with van der Waals surface area (Å²) >= 11 is 0. The Balaban J connectivity index is 1.46. The van der Waals surface area contributed by atoms with Crippen LogP contribution in [0.25, 0.3) is 22.2 Å². The van der Waals surface area contributed by atoms with Crippen LogP contribution < -0.4 is 5.32 Å². The molecule has 0 saturated carbocycles. The Morgan fingerprint density at radius 3 is 2.11 bits per heavy atom. The van der Waals surface area contributed by atoms with Gasteiger partial charge in [-0.3, -0.25) is 9.48 Å². The number of hydrogen-bond donors (Lipinski definition) is 2. The molecule has 1 heterocycles. The van der Waals surface area contributed by atoms with Crippen molar-refractivity contribution in [3.05, 3.63) is 114 Å². The van der Waals surface area contributed by atoms with Gasteiger partial charge in [-0.1, -0.05) is 66.7 Å². The summed E-state index contributed by atoms with van der Waals surface area (Å²) in [5.74, 6) is -0.834. The Morgan fingerprint density at radius 1 is 0.816 bits per heavy atom. The first-order valence-electron chi connectivity index (χ1n) is 12.1. The number of nitrogens with one attached hydrogen (secondary N) is 1. The molecule has 5 nitrogen and oxygen atoms in total. The Bertz CT molecular complexity index is 1560. The van der Waals surface area contributed by atoms with Crippen molar-refractivity contribution in [2.75, 3.05) is 5.32 Å². The molecule has 8 heteroatoms. The number of anilines is 2. The van der Waals surface area contributed by atoms with Crippen LogP contribution in [0.2, 0.25) is 0 Å². The number of benzene rings is 4. The second kappa shape index (κ2) is 10.4. The molecule has 0 radical (unpaired) electrons. The van der Waals surface area contributed by atoms with Crippen molar-refractivity contribution in [1.29, 1.82) is 0 Å². The highest BCUT2D eigenvalue weighted by Gasteiger charge is 2.34. The first-order valence-corrected chi connectivity index (χ1v) is 12.1. The Hall–Kier alpha value is -4.59. The molecular weight excluding hydrogens is 491 g/mol. The van der Waals surface area contributed by atoms with E-state index in [9.17, 15) is 18.0 Å². The van der Waals surface area contributed by atoms with Gasteiger partial charge < -0.3 is 10.4 Å². The summed E-state index contributed by atoms with van der Waals surface area (Å²) in [6, 6.07) is 28.6. The molecule has 2 N–H and O–H groups in total. The van der Waals surface area contributed by atoms with Crippen LogP contribution in [0.1, 0.15) is 23.1 Å². The lowest BCUT2D eigenvalue weighted by Gasteiger charge is -2.11. The largest absolute Gasteiger partial charge is 0.481 e.